The van der Waals surface area contributed by atoms with Crippen molar-refractivity contribution in [2.45, 2.75) is 57.7 Å². The first-order valence-corrected chi connectivity index (χ1v) is 8.82. The average molecular weight is 354 g/mol. The molecular weight excluding hydrogens is 322 g/mol. The third kappa shape index (κ3) is 7.20. The van der Waals surface area contributed by atoms with E-state index in [1.54, 1.807) is 0 Å². The predicted molar refractivity (Wildman–Crippen MR) is 102 cm³/mol. The SMILES string of the molecule is CC(CN(C)Cc1ccccc1)NC(=O)CC1CCCCC1N.Cl. The molecule has 4 nitrogen and oxygen atoms in total. The topological polar surface area (TPSA) is 58.4 Å². The van der Waals surface area contributed by atoms with E-state index in [-0.39, 0.29) is 30.4 Å². The number of nitrogens with one attached hydrogen (secondary N) is 1. The molecule has 3 unspecified atom stereocenters. The summed E-state index contributed by atoms with van der Waals surface area (Å²) in [7, 11) is 2.09. The van der Waals surface area contributed by atoms with Crippen molar-refractivity contribution >= 4 is 18.3 Å². The normalized spacial score (nSPS) is 21.8. The van der Waals surface area contributed by atoms with E-state index in [4.69, 9.17) is 5.73 Å². The van der Waals surface area contributed by atoms with E-state index in [0.717, 1.165) is 25.9 Å². The van der Waals surface area contributed by atoms with Crippen LogP contribution in [-0.4, -0.2) is 36.5 Å². The number of nitrogens with two attached hydrogens (primary N) is 1. The van der Waals surface area contributed by atoms with Gasteiger partial charge in [0, 0.05) is 31.6 Å². The third-order valence-corrected chi connectivity index (χ3v) is 4.70. The summed E-state index contributed by atoms with van der Waals surface area (Å²) in [5.41, 5.74) is 7.43. The van der Waals surface area contributed by atoms with Gasteiger partial charge in [-0.05, 0) is 38.3 Å². The van der Waals surface area contributed by atoms with Crippen LogP contribution in [-0.2, 0) is 11.3 Å². The van der Waals surface area contributed by atoms with Crippen molar-refractivity contribution in [3.05, 3.63) is 35.9 Å². The van der Waals surface area contributed by atoms with Gasteiger partial charge in [-0.3, -0.25) is 4.79 Å². The number of benzene rings is 1. The summed E-state index contributed by atoms with van der Waals surface area (Å²) < 4.78 is 0. The molecule has 1 saturated carbocycles. The molecule has 1 fully saturated rings. The van der Waals surface area contributed by atoms with Crippen LogP contribution in [0, 0.1) is 5.92 Å². The molecule has 0 bridgehead atoms. The van der Waals surface area contributed by atoms with E-state index < -0.39 is 0 Å². The summed E-state index contributed by atoms with van der Waals surface area (Å²) in [4.78, 5) is 14.5. The number of carbonyl (C=O) groups is 1. The quantitative estimate of drug-likeness (QED) is 0.792. The summed E-state index contributed by atoms with van der Waals surface area (Å²) in [5, 5.41) is 3.13. The second-order valence-electron chi connectivity index (χ2n) is 7.06. The molecule has 0 aromatic heterocycles. The highest BCUT2D eigenvalue weighted by Crippen LogP contribution is 2.25. The molecule has 1 aromatic carbocycles. The van der Waals surface area contributed by atoms with Gasteiger partial charge in [-0.2, -0.15) is 0 Å². The number of likely N-dealkylation sites (N-methyl/N-ethyl adjacent to an activating group) is 1. The van der Waals surface area contributed by atoms with Crippen LogP contribution < -0.4 is 11.1 Å². The molecule has 3 N–H and O–H groups in total. The summed E-state index contributed by atoms with van der Waals surface area (Å²) in [6.45, 7) is 3.81. The second kappa shape index (κ2) is 10.7. The number of hydrogen-bond acceptors (Lipinski definition) is 3. The van der Waals surface area contributed by atoms with Crippen LogP contribution >= 0.6 is 12.4 Å². The maximum absolute atomic E-state index is 12.2. The van der Waals surface area contributed by atoms with Gasteiger partial charge >= 0.3 is 0 Å². The van der Waals surface area contributed by atoms with Crippen molar-refractivity contribution in [1.29, 1.82) is 0 Å². The lowest BCUT2D eigenvalue weighted by molar-refractivity contribution is -0.123. The largest absolute Gasteiger partial charge is 0.352 e. The van der Waals surface area contributed by atoms with Gasteiger partial charge in [0.1, 0.15) is 0 Å². The van der Waals surface area contributed by atoms with Crippen LogP contribution in [0.2, 0.25) is 0 Å². The molecule has 1 aliphatic carbocycles. The molecule has 0 radical (unpaired) electrons. The molecule has 3 atom stereocenters. The third-order valence-electron chi connectivity index (χ3n) is 4.70. The predicted octanol–water partition coefficient (Wildman–Crippen LogP) is 2.95. The monoisotopic (exact) mass is 353 g/mol. The lowest BCUT2D eigenvalue weighted by Gasteiger charge is -2.29. The Morgan fingerprint density at radius 3 is 2.62 bits per heavy atom. The lowest BCUT2D eigenvalue weighted by Crippen LogP contribution is -2.43. The number of carbonyl (C=O) groups excluding carboxylic acids is 1. The summed E-state index contributed by atoms with van der Waals surface area (Å²) in [5.74, 6) is 0.506. The molecular formula is C19H32ClN3O. The number of halogens is 1. The van der Waals surface area contributed by atoms with E-state index in [1.807, 2.05) is 6.07 Å². The molecule has 5 heteroatoms. The first kappa shape index (κ1) is 20.9. The fraction of sp³-hybridized carbons (Fsp3) is 0.632. The van der Waals surface area contributed by atoms with Crippen LogP contribution in [0.25, 0.3) is 0 Å². The standard InChI is InChI=1S/C19H31N3O.ClH/c1-15(13-22(2)14-16-8-4-3-5-9-16)21-19(23)12-17-10-6-7-11-18(17)20;/h3-5,8-9,15,17-18H,6-7,10-14,20H2,1-2H3,(H,21,23);1H. The minimum atomic E-state index is 0. The van der Waals surface area contributed by atoms with Crippen molar-refractivity contribution in [1.82, 2.24) is 10.2 Å². The molecule has 1 amide bonds. The van der Waals surface area contributed by atoms with Crippen molar-refractivity contribution in [3.8, 4) is 0 Å². The Kier molecular flexibility index (Phi) is 9.34. The number of hydrogen-bond donors (Lipinski definition) is 2. The summed E-state index contributed by atoms with van der Waals surface area (Å²) in [6.07, 6.45) is 5.15. The fourth-order valence-corrected chi connectivity index (χ4v) is 3.53. The zero-order valence-electron chi connectivity index (χ0n) is 14.9. The van der Waals surface area contributed by atoms with Gasteiger partial charge in [0.2, 0.25) is 5.91 Å². The highest BCUT2D eigenvalue weighted by Gasteiger charge is 2.24. The molecule has 136 valence electrons. The lowest BCUT2D eigenvalue weighted by atomic mass is 9.83. The molecule has 1 aromatic rings. The maximum atomic E-state index is 12.2. The highest BCUT2D eigenvalue weighted by molar-refractivity contribution is 5.85. The van der Waals surface area contributed by atoms with Crippen LogP contribution in [0.15, 0.2) is 30.3 Å². The van der Waals surface area contributed by atoms with Gasteiger partial charge in [-0.25, -0.2) is 0 Å². The average Bonchev–Trinajstić information content (AvgIpc) is 2.50. The van der Waals surface area contributed by atoms with Crippen molar-refractivity contribution in [2.24, 2.45) is 11.7 Å². The fourth-order valence-electron chi connectivity index (χ4n) is 3.53. The minimum Gasteiger partial charge on any atom is -0.352 e. The Morgan fingerprint density at radius 1 is 1.29 bits per heavy atom. The first-order valence-electron chi connectivity index (χ1n) is 8.82. The van der Waals surface area contributed by atoms with E-state index >= 15 is 0 Å². The number of rotatable bonds is 7. The van der Waals surface area contributed by atoms with E-state index in [2.05, 4.69) is 48.5 Å². The smallest absolute Gasteiger partial charge is 0.220 e. The summed E-state index contributed by atoms with van der Waals surface area (Å²) >= 11 is 0. The van der Waals surface area contributed by atoms with Crippen molar-refractivity contribution in [3.63, 3.8) is 0 Å². The van der Waals surface area contributed by atoms with Crippen LogP contribution in [0.5, 0.6) is 0 Å². The second-order valence-corrected chi connectivity index (χ2v) is 7.06. The van der Waals surface area contributed by atoms with Crippen LogP contribution in [0.4, 0.5) is 0 Å². The number of amides is 1. The molecule has 0 saturated heterocycles. The molecule has 0 heterocycles. The Bertz CT molecular complexity index is 483. The molecule has 0 aliphatic heterocycles. The summed E-state index contributed by atoms with van der Waals surface area (Å²) in [6, 6.07) is 10.8. The Morgan fingerprint density at radius 2 is 1.96 bits per heavy atom. The molecule has 2 rings (SSSR count). The van der Waals surface area contributed by atoms with E-state index in [1.165, 1.54) is 18.4 Å². The van der Waals surface area contributed by atoms with Crippen LogP contribution in [0.1, 0.15) is 44.6 Å². The van der Waals surface area contributed by atoms with Gasteiger partial charge in [0.25, 0.3) is 0 Å². The van der Waals surface area contributed by atoms with E-state index in [9.17, 15) is 4.79 Å². The van der Waals surface area contributed by atoms with Gasteiger partial charge in [-0.15, -0.1) is 12.4 Å². The highest BCUT2D eigenvalue weighted by atomic mass is 35.5. The minimum absolute atomic E-state index is 0. The molecule has 0 spiro atoms. The van der Waals surface area contributed by atoms with Crippen molar-refractivity contribution in [2.75, 3.05) is 13.6 Å². The zero-order chi connectivity index (χ0) is 16.7. The van der Waals surface area contributed by atoms with Crippen LogP contribution in [0.3, 0.4) is 0 Å². The van der Waals surface area contributed by atoms with Gasteiger partial charge in [0.15, 0.2) is 0 Å². The zero-order valence-corrected chi connectivity index (χ0v) is 15.7. The van der Waals surface area contributed by atoms with Crippen molar-refractivity contribution < 1.29 is 4.79 Å². The Hall–Kier alpha value is -1.10. The molecule has 1 aliphatic rings. The Labute approximate surface area is 152 Å². The van der Waals surface area contributed by atoms with Gasteiger partial charge in [-0.1, -0.05) is 43.2 Å². The Balaban J connectivity index is 0.00000288. The first-order chi connectivity index (χ1) is 11.0. The van der Waals surface area contributed by atoms with E-state index in [0.29, 0.717) is 12.3 Å². The maximum Gasteiger partial charge on any atom is 0.220 e. The number of nitrogens with zero attached hydrogens (tertiary/aromatic N) is 1. The molecule has 24 heavy (non-hydrogen) atoms. The van der Waals surface area contributed by atoms with Gasteiger partial charge < -0.3 is 16.0 Å². The van der Waals surface area contributed by atoms with Gasteiger partial charge in [0.05, 0.1) is 0 Å².